The number of aliphatic carboxylic acids is 1. The Morgan fingerprint density at radius 3 is 2.41 bits per heavy atom. The molecule has 2 rings (SSSR count). The summed E-state index contributed by atoms with van der Waals surface area (Å²) in [5, 5.41) is 14.7. The van der Waals surface area contributed by atoms with Gasteiger partial charge in [0.1, 0.15) is 0 Å². The maximum absolute atomic E-state index is 11.8. The topological polar surface area (TPSA) is 78.4 Å². The molecule has 1 fully saturated rings. The molecule has 0 aromatic heterocycles. The van der Waals surface area contributed by atoms with Gasteiger partial charge in [0.2, 0.25) is 0 Å². The van der Waals surface area contributed by atoms with Crippen LogP contribution in [0, 0.1) is 5.92 Å². The molecule has 1 aromatic carbocycles. The molecule has 120 valence electrons. The summed E-state index contributed by atoms with van der Waals surface area (Å²) in [5.41, 5.74) is 1.27. The van der Waals surface area contributed by atoms with E-state index >= 15 is 0 Å². The first-order valence-electron chi connectivity index (χ1n) is 7.96. The first kappa shape index (κ1) is 16.3. The molecule has 1 aliphatic rings. The summed E-state index contributed by atoms with van der Waals surface area (Å²) < 4.78 is 0. The third kappa shape index (κ3) is 5.39. The zero-order valence-electron chi connectivity index (χ0n) is 12.8. The van der Waals surface area contributed by atoms with Crippen LogP contribution in [0.3, 0.4) is 0 Å². The van der Waals surface area contributed by atoms with Crippen LogP contribution in [-0.2, 0) is 11.2 Å². The summed E-state index contributed by atoms with van der Waals surface area (Å²) in [7, 11) is 0. The van der Waals surface area contributed by atoms with E-state index in [1.165, 1.54) is 5.56 Å². The van der Waals surface area contributed by atoms with Gasteiger partial charge in [0, 0.05) is 12.6 Å². The second-order valence-electron chi connectivity index (χ2n) is 5.88. The van der Waals surface area contributed by atoms with Crippen molar-refractivity contribution in [1.82, 2.24) is 10.6 Å². The van der Waals surface area contributed by atoms with Crippen molar-refractivity contribution >= 4 is 12.0 Å². The quantitative estimate of drug-likeness (QED) is 0.707. The molecule has 3 N–H and O–H groups in total. The van der Waals surface area contributed by atoms with Gasteiger partial charge in [-0.05, 0) is 44.1 Å². The number of nitrogens with one attached hydrogen (secondary N) is 2. The summed E-state index contributed by atoms with van der Waals surface area (Å²) in [6, 6.07) is 10.2. The van der Waals surface area contributed by atoms with Crippen molar-refractivity contribution in [3.63, 3.8) is 0 Å². The maximum Gasteiger partial charge on any atom is 0.315 e. The lowest BCUT2D eigenvalue weighted by atomic mass is 9.86. The Labute approximate surface area is 131 Å². The predicted octanol–water partition coefficient (Wildman–Crippen LogP) is 2.56. The van der Waals surface area contributed by atoms with E-state index in [2.05, 4.69) is 22.8 Å². The fourth-order valence-corrected chi connectivity index (χ4v) is 2.86. The third-order valence-corrected chi connectivity index (χ3v) is 4.18. The average molecular weight is 304 g/mol. The number of benzene rings is 1. The molecule has 5 heteroatoms. The molecule has 0 saturated heterocycles. The van der Waals surface area contributed by atoms with Crippen LogP contribution in [0.5, 0.6) is 0 Å². The van der Waals surface area contributed by atoms with Gasteiger partial charge < -0.3 is 15.7 Å². The van der Waals surface area contributed by atoms with Crippen LogP contribution in [0.15, 0.2) is 30.3 Å². The number of amides is 2. The fourth-order valence-electron chi connectivity index (χ4n) is 2.86. The van der Waals surface area contributed by atoms with Crippen molar-refractivity contribution in [2.24, 2.45) is 5.92 Å². The highest BCUT2D eigenvalue weighted by atomic mass is 16.4. The molecular weight excluding hydrogens is 280 g/mol. The van der Waals surface area contributed by atoms with Crippen LogP contribution in [0.25, 0.3) is 0 Å². The average Bonchev–Trinajstić information content (AvgIpc) is 2.53. The molecule has 1 saturated carbocycles. The van der Waals surface area contributed by atoms with Crippen LogP contribution in [0.4, 0.5) is 4.79 Å². The van der Waals surface area contributed by atoms with Gasteiger partial charge in [0.15, 0.2) is 0 Å². The first-order chi connectivity index (χ1) is 10.6. The largest absolute Gasteiger partial charge is 0.481 e. The molecule has 0 bridgehead atoms. The number of carboxylic acids is 1. The number of carboxylic acid groups (broad SMARTS) is 1. The van der Waals surface area contributed by atoms with Crippen molar-refractivity contribution in [3.8, 4) is 0 Å². The Hall–Kier alpha value is -2.04. The number of carbonyl (C=O) groups is 2. The van der Waals surface area contributed by atoms with E-state index < -0.39 is 5.97 Å². The van der Waals surface area contributed by atoms with Crippen LogP contribution in [-0.4, -0.2) is 29.7 Å². The zero-order chi connectivity index (χ0) is 15.8. The Balaban J connectivity index is 1.57. The minimum absolute atomic E-state index is 0.102. The van der Waals surface area contributed by atoms with Gasteiger partial charge in [-0.1, -0.05) is 30.3 Å². The smallest absolute Gasteiger partial charge is 0.315 e. The number of rotatable bonds is 6. The van der Waals surface area contributed by atoms with Gasteiger partial charge in [0.05, 0.1) is 5.92 Å². The van der Waals surface area contributed by atoms with E-state index in [1.807, 2.05) is 18.2 Å². The molecule has 0 unspecified atom stereocenters. The minimum atomic E-state index is -0.719. The second kappa shape index (κ2) is 8.41. The zero-order valence-corrected chi connectivity index (χ0v) is 12.8. The molecule has 2 amide bonds. The molecule has 5 nitrogen and oxygen atoms in total. The van der Waals surface area contributed by atoms with Crippen molar-refractivity contribution in [3.05, 3.63) is 35.9 Å². The van der Waals surface area contributed by atoms with E-state index in [0.29, 0.717) is 19.4 Å². The number of hydrogen-bond donors (Lipinski definition) is 3. The van der Waals surface area contributed by atoms with E-state index in [9.17, 15) is 9.59 Å². The van der Waals surface area contributed by atoms with Crippen molar-refractivity contribution in [1.29, 1.82) is 0 Å². The molecular formula is C17H24N2O3. The Bertz CT molecular complexity index is 482. The molecule has 22 heavy (non-hydrogen) atoms. The number of hydrogen-bond acceptors (Lipinski definition) is 2. The van der Waals surface area contributed by atoms with E-state index in [-0.39, 0.29) is 18.0 Å². The third-order valence-electron chi connectivity index (χ3n) is 4.18. The van der Waals surface area contributed by atoms with Crippen molar-refractivity contribution < 1.29 is 14.7 Å². The molecule has 0 spiro atoms. The first-order valence-corrected chi connectivity index (χ1v) is 7.96. The maximum atomic E-state index is 11.8. The normalized spacial score (nSPS) is 21.1. The lowest BCUT2D eigenvalue weighted by Crippen LogP contribution is -2.44. The summed E-state index contributed by atoms with van der Waals surface area (Å²) in [6.45, 7) is 0.644. The molecule has 0 aliphatic heterocycles. The SMILES string of the molecule is O=C(NCCCc1ccccc1)NC1CCC(C(=O)O)CC1. The standard InChI is InChI=1S/C17H24N2O3/c20-16(21)14-8-10-15(11-9-14)19-17(22)18-12-4-7-13-5-2-1-3-6-13/h1-3,5-6,14-15H,4,7-12H2,(H,20,21)(H2,18,19,22). The van der Waals surface area contributed by atoms with Gasteiger partial charge in [-0.2, -0.15) is 0 Å². The van der Waals surface area contributed by atoms with Crippen LogP contribution in [0.1, 0.15) is 37.7 Å². The number of urea groups is 1. The highest BCUT2D eigenvalue weighted by Crippen LogP contribution is 2.24. The Kier molecular flexibility index (Phi) is 6.25. The summed E-state index contributed by atoms with van der Waals surface area (Å²) >= 11 is 0. The van der Waals surface area contributed by atoms with Crippen LogP contribution in [0.2, 0.25) is 0 Å². The lowest BCUT2D eigenvalue weighted by molar-refractivity contribution is -0.142. The second-order valence-corrected chi connectivity index (χ2v) is 5.88. The highest BCUT2D eigenvalue weighted by molar-refractivity contribution is 5.74. The van der Waals surface area contributed by atoms with Crippen LogP contribution >= 0.6 is 0 Å². The fraction of sp³-hybridized carbons (Fsp3) is 0.529. The molecule has 0 heterocycles. The van der Waals surface area contributed by atoms with Crippen molar-refractivity contribution in [2.75, 3.05) is 6.54 Å². The van der Waals surface area contributed by atoms with Gasteiger partial charge in [0.25, 0.3) is 0 Å². The van der Waals surface area contributed by atoms with Gasteiger partial charge in [-0.25, -0.2) is 4.79 Å². The van der Waals surface area contributed by atoms with E-state index in [0.717, 1.165) is 25.7 Å². The van der Waals surface area contributed by atoms with Gasteiger partial charge in [-0.15, -0.1) is 0 Å². The summed E-state index contributed by atoms with van der Waals surface area (Å²) in [6.07, 6.45) is 4.64. The monoisotopic (exact) mass is 304 g/mol. The summed E-state index contributed by atoms with van der Waals surface area (Å²) in [4.78, 5) is 22.7. The molecule has 1 aliphatic carbocycles. The molecule has 1 aromatic rings. The Morgan fingerprint density at radius 2 is 1.77 bits per heavy atom. The van der Waals surface area contributed by atoms with Crippen LogP contribution < -0.4 is 10.6 Å². The van der Waals surface area contributed by atoms with E-state index in [1.54, 1.807) is 0 Å². The predicted molar refractivity (Wildman–Crippen MR) is 84.7 cm³/mol. The summed E-state index contributed by atoms with van der Waals surface area (Å²) in [5.74, 6) is -0.962. The van der Waals surface area contributed by atoms with Gasteiger partial charge in [-0.3, -0.25) is 4.79 Å². The Morgan fingerprint density at radius 1 is 1.09 bits per heavy atom. The van der Waals surface area contributed by atoms with E-state index in [4.69, 9.17) is 5.11 Å². The molecule has 0 radical (unpaired) electrons. The van der Waals surface area contributed by atoms with Crippen molar-refractivity contribution in [2.45, 2.75) is 44.6 Å². The number of aryl methyl sites for hydroxylation is 1. The number of carbonyl (C=O) groups excluding carboxylic acids is 1. The molecule has 0 atom stereocenters. The van der Waals surface area contributed by atoms with Gasteiger partial charge >= 0.3 is 12.0 Å². The highest BCUT2D eigenvalue weighted by Gasteiger charge is 2.26. The lowest BCUT2D eigenvalue weighted by Gasteiger charge is -2.26. The minimum Gasteiger partial charge on any atom is -0.481 e.